The Bertz CT molecular complexity index is 374. The molecule has 0 amide bonds. The van der Waals surface area contributed by atoms with Crippen LogP contribution < -0.4 is 0 Å². The lowest BCUT2D eigenvalue weighted by molar-refractivity contribution is -0.135. The summed E-state index contributed by atoms with van der Waals surface area (Å²) >= 11 is 3.04. The molecular formula is C10H8BrFO2. The van der Waals surface area contributed by atoms with Gasteiger partial charge in [0.2, 0.25) is 0 Å². The molecule has 0 atom stereocenters. The molecule has 0 aliphatic heterocycles. The van der Waals surface area contributed by atoms with E-state index >= 15 is 0 Å². The molecule has 1 rings (SSSR count). The molecule has 74 valence electrons. The number of carboxylic acid groups (broad SMARTS) is 1. The Hall–Kier alpha value is -1.16. The second-order valence-electron chi connectivity index (χ2n) is 2.64. The van der Waals surface area contributed by atoms with Crippen LogP contribution in [0.25, 0.3) is 6.08 Å². The van der Waals surface area contributed by atoms with Gasteiger partial charge in [0.05, 0.1) is 10.9 Å². The minimum absolute atomic E-state index is 0.105. The number of hydrogen-bond acceptors (Lipinski definition) is 1. The van der Waals surface area contributed by atoms with Crippen molar-refractivity contribution in [3.63, 3.8) is 0 Å². The number of benzene rings is 1. The van der Waals surface area contributed by atoms with Crippen LogP contribution in [0.15, 0.2) is 28.7 Å². The Balaban J connectivity index is 2.81. The number of carbonyl (C=O) groups is 1. The minimum Gasteiger partial charge on any atom is -0.481 e. The van der Waals surface area contributed by atoms with Crippen molar-refractivity contribution in [3.05, 3.63) is 40.1 Å². The first kappa shape index (κ1) is 10.9. The molecule has 0 aromatic heterocycles. The van der Waals surface area contributed by atoms with Crippen LogP contribution in [0.1, 0.15) is 12.0 Å². The second kappa shape index (κ2) is 4.91. The Kier molecular flexibility index (Phi) is 3.83. The Labute approximate surface area is 89.2 Å². The maximum Gasteiger partial charge on any atom is 0.307 e. The summed E-state index contributed by atoms with van der Waals surface area (Å²) in [7, 11) is 0. The number of rotatable bonds is 3. The zero-order valence-corrected chi connectivity index (χ0v) is 8.79. The van der Waals surface area contributed by atoms with Crippen molar-refractivity contribution in [2.45, 2.75) is 6.42 Å². The predicted octanol–water partition coefficient (Wildman–Crippen LogP) is 3.08. The van der Waals surface area contributed by atoms with Crippen molar-refractivity contribution in [2.24, 2.45) is 0 Å². The summed E-state index contributed by atoms with van der Waals surface area (Å²) in [6, 6.07) is 4.86. The monoisotopic (exact) mass is 258 g/mol. The summed E-state index contributed by atoms with van der Waals surface area (Å²) in [6.07, 6.45) is 2.76. The van der Waals surface area contributed by atoms with Gasteiger partial charge < -0.3 is 5.11 Å². The molecule has 1 N–H and O–H groups in total. The maximum absolute atomic E-state index is 13.3. The van der Waals surface area contributed by atoms with Gasteiger partial charge in [-0.25, -0.2) is 4.39 Å². The van der Waals surface area contributed by atoms with Gasteiger partial charge in [0.1, 0.15) is 5.82 Å². The molecule has 0 fully saturated rings. The predicted molar refractivity (Wildman–Crippen MR) is 55.4 cm³/mol. The lowest BCUT2D eigenvalue weighted by atomic mass is 10.2. The van der Waals surface area contributed by atoms with Crippen LogP contribution in [-0.4, -0.2) is 11.1 Å². The van der Waals surface area contributed by atoms with E-state index in [1.54, 1.807) is 18.2 Å². The van der Waals surface area contributed by atoms with Crippen LogP contribution in [0, 0.1) is 5.82 Å². The largest absolute Gasteiger partial charge is 0.481 e. The SMILES string of the molecule is O=C(O)C/C=C/c1cccc(Br)c1F. The number of hydrogen-bond donors (Lipinski definition) is 1. The molecule has 0 aliphatic rings. The van der Waals surface area contributed by atoms with E-state index in [4.69, 9.17) is 5.11 Å². The topological polar surface area (TPSA) is 37.3 Å². The zero-order valence-electron chi connectivity index (χ0n) is 7.21. The van der Waals surface area contributed by atoms with E-state index in [1.807, 2.05) is 0 Å². The van der Waals surface area contributed by atoms with Crippen molar-refractivity contribution in [1.29, 1.82) is 0 Å². The van der Waals surface area contributed by atoms with E-state index < -0.39 is 5.97 Å². The average molecular weight is 259 g/mol. The molecule has 0 heterocycles. The molecule has 4 heteroatoms. The lowest BCUT2D eigenvalue weighted by Crippen LogP contribution is -1.90. The highest BCUT2D eigenvalue weighted by atomic mass is 79.9. The van der Waals surface area contributed by atoms with Gasteiger partial charge in [0, 0.05) is 5.56 Å². The number of halogens is 2. The van der Waals surface area contributed by atoms with Gasteiger partial charge in [-0.15, -0.1) is 0 Å². The van der Waals surface area contributed by atoms with E-state index in [0.717, 1.165) is 0 Å². The van der Waals surface area contributed by atoms with Crippen LogP contribution in [-0.2, 0) is 4.79 Å². The quantitative estimate of drug-likeness (QED) is 0.905. The van der Waals surface area contributed by atoms with Crippen LogP contribution in [0.5, 0.6) is 0 Å². The van der Waals surface area contributed by atoms with Crippen molar-refractivity contribution in [1.82, 2.24) is 0 Å². The molecule has 0 radical (unpaired) electrons. The van der Waals surface area contributed by atoms with E-state index in [9.17, 15) is 9.18 Å². The first-order valence-electron chi connectivity index (χ1n) is 3.93. The Morgan fingerprint density at radius 2 is 2.29 bits per heavy atom. The Morgan fingerprint density at radius 1 is 1.57 bits per heavy atom. The molecule has 14 heavy (non-hydrogen) atoms. The summed E-state index contributed by atoms with van der Waals surface area (Å²) < 4.78 is 13.7. The molecule has 2 nitrogen and oxygen atoms in total. The Morgan fingerprint density at radius 3 is 2.93 bits per heavy atom. The fraction of sp³-hybridized carbons (Fsp3) is 0.100. The van der Waals surface area contributed by atoms with E-state index in [2.05, 4.69) is 15.9 Å². The average Bonchev–Trinajstić information content (AvgIpc) is 2.12. The number of carboxylic acids is 1. The van der Waals surface area contributed by atoms with Crippen LogP contribution in [0.2, 0.25) is 0 Å². The highest BCUT2D eigenvalue weighted by Crippen LogP contribution is 2.19. The van der Waals surface area contributed by atoms with Crippen LogP contribution in [0.3, 0.4) is 0 Å². The van der Waals surface area contributed by atoms with Gasteiger partial charge in [0.25, 0.3) is 0 Å². The highest BCUT2D eigenvalue weighted by molar-refractivity contribution is 9.10. The fourth-order valence-corrected chi connectivity index (χ4v) is 1.32. The lowest BCUT2D eigenvalue weighted by Gasteiger charge is -1.97. The molecule has 1 aromatic rings. The van der Waals surface area contributed by atoms with Gasteiger partial charge in [0.15, 0.2) is 0 Å². The highest BCUT2D eigenvalue weighted by Gasteiger charge is 2.01. The maximum atomic E-state index is 13.3. The summed E-state index contributed by atoms with van der Waals surface area (Å²) in [4.78, 5) is 10.2. The standard InChI is InChI=1S/C10H8BrFO2/c11-8-5-1-3-7(10(8)12)4-2-6-9(13)14/h1-5H,6H2,(H,13,14)/b4-2+. The van der Waals surface area contributed by atoms with Gasteiger partial charge in [-0.05, 0) is 22.0 Å². The second-order valence-corrected chi connectivity index (χ2v) is 3.50. The van der Waals surface area contributed by atoms with Gasteiger partial charge in [-0.3, -0.25) is 4.79 Å². The first-order chi connectivity index (χ1) is 6.61. The van der Waals surface area contributed by atoms with Gasteiger partial charge in [-0.2, -0.15) is 0 Å². The third-order valence-corrected chi connectivity index (χ3v) is 2.18. The van der Waals surface area contributed by atoms with E-state index in [0.29, 0.717) is 10.0 Å². The third kappa shape index (κ3) is 2.96. The van der Waals surface area contributed by atoms with Crippen molar-refractivity contribution < 1.29 is 14.3 Å². The molecule has 0 aliphatic carbocycles. The molecular weight excluding hydrogens is 251 g/mol. The molecule has 0 saturated carbocycles. The molecule has 0 bridgehead atoms. The molecule has 1 aromatic carbocycles. The van der Waals surface area contributed by atoms with Crippen molar-refractivity contribution in [3.8, 4) is 0 Å². The van der Waals surface area contributed by atoms with E-state index in [1.165, 1.54) is 12.2 Å². The summed E-state index contributed by atoms with van der Waals surface area (Å²) in [6.45, 7) is 0. The van der Waals surface area contributed by atoms with Crippen LogP contribution in [0.4, 0.5) is 4.39 Å². The third-order valence-electron chi connectivity index (χ3n) is 1.57. The summed E-state index contributed by atoms with van der Waals surface area (Å²) in [5.41, 5.74) is 0.376. The summed E-state index contributed by atoms with van der Waals surface area (Å²) in [5, 5.41) is 8.36. The fourth-order valence-electron chi connectivity index (χ4n) is 0.936. The molecule has 0 spiro atoms. The van der Waals surface area contributed by atoms with Crippen LogP contribution >= 0.6 is 15.9 Å². The van der Waals surface area contributed by atoms with E-state index in [-0.39, 0.29) is 12.2 Å². The minimum atomic E-state index is -0.934. The normalized spacial score (nSPS) is 10.7. The zero-order chi connectivity index (χ0) is 10.6. The number of aliphatic carboxylic acids is 1. The smallest absolute Gasteiger partial charge is 0.307 e. The molecule has 0 unspecified atom stereocenters. The van der Waals surface area contributed by atoms with Crippen molar-refractivity contribution in [2.75, 3.05) is 0 Å². The molecule has 0 saturated heterocycles. The van der Waals surface area contributed by atoms with Gasteiger partial charge >= 0.3 is 5.97 Å². The summed E-state index contributed by atoms with van der Waals surface area (Å²) in [5.74, 6) is -1.31. The van der Waals surface area contributed by atoms with Crippen molar-refractivity contribution >= 4 is 28.0 Å². The van der Waals surface area contributed by atoms with Gasteiger partial charge in [-0.1, -0.05) is 24.3 Å². The first-order valence-corrected chi connectivity index (χ1v) is 4.73.